The van der Waals surface area contributed by atoms with Gasteiger partial charge in [-0.15, -0.1) is 0 Å². The van der Waals surface area contributed by atoms with E-state index in [-0.39, 0.29) is 12.6 Å². The van der Waals surface area contributed by atoms with Crippen LogP contribution in [-0.4, -0.2) is 35.1 Å². The number of hydrogen-bond donors (Lipinski definition) is 2. The average molecular weight is 262 g/mol. The summed E-state index contributed by atoms with van der Waals surface area (Å²) in [5.41, 5.74) is 1.86. The Morgan fingerprint density at radius 2 is 2.00 bits per heavy atom. The predicted octanol–water partition coefficient (Wildman–Crippen LogP) is 2.32. The number of nitrogens with one attached hydrogen (secondary N) is 1. The van der Waals surface area contributed by atoms with Crippen LogP contribution in [0.2, 0.25) is 0 Å². The Bertz CT molecular complexity index is 470. The minimum atomic E-state index is -0.826. The molecule has 1 saturated heterocycles. The molecule has 0 aromatic heterocycles. The number of nitrogens with zero attached hydrogens (tertiary/aromatic N) is 1. The van der Waals surface area contributed by atoms with Crippen molar-refractivity contribution >= 4 is 17.7 Å². The second-order valence-corrected chi connectivity index (χ2v) is 4.92. The minimum Gasteiger partial charge on any atom is -0.481 e. The molecule has 1 aliphatic rings. The molecule has 0 bridgehead atoms. The lowest BCUT2D eigenvalue weighted by molar-refractivity contribution is -0.143. The number of likely N-dealkylation sites (tertiary alicyclic amines) is 1. The summed E-state index contributed by atoms with van der Waals surface area (Å²) in [7, 11) is 0. The van der Waals surface area contributed by atoms with Crippen LogP contribution in [0.3, 0.4) is 0 Å². The molecule has 0 radical (unpaired) electrons. The van der Waals surface area contributed by atoms with Crippen LogP contribution < -0.4 is 5.32 Å². The average Bonchev–Trinajstić information content (AvgIpc) is 2.41. The van der Waals surface area contributed by atoms with Crippen LogP contribution in [0.15, 0.2) is 24.3 Å². The van der Waals surface area contributed by atoms with Crippen molar-refractivity contribution in [2.24, 2.45) is 5.92 Å². The minimum absolute atomic E-state index is 0.227. The lowest BCUT2D eigenvalue weighted by Gasteiger charge is -2.30. The Morgan fingerprint density at radius 1 is 1.32 bits per heavy atom. The number of benzene rings is 1. The highest BCUT2D eigenvalue weighted by atomic mass is 16.4. The number of piperidine rings is 1. The van der Waals surface area contributed by atoms with Gasteiger partial charge in [-0.25, -0.2) is 4.79 Å². The largest absolute Gasteiger partial charge is 0.481 e. The number of rotatable bonds is 2. The van der Waals surface area contributed by atoms with E-state index >= 15 is 0 Å². The molecule has 1 aromatic rings. The molecule has 0 spiro atoms. The zero-order chi connectivity index (χ0) is 13.8. The maximum absolute atomic E-state index is 12.0. The van der Waals surface area contributed by atoms with Gasteiger partial charge in [0.1, 0.15) is 0 Å². The van der Waals surface area contributed by atoms with Gasteiger partial charge < -0.3 is 15.3 Å². The van der Waals surface area contributed by atoms with Gasteiger partial charge in [-0.1, -0.05) is 17.7 Å². The topological polar surface area (TPSA) is 69.6 Å². The van der Waals surface area contributed by atoms with Crippen LogP contribution in [0.1, 0.15) is 18.4 Å². The SMILES string of the molecule is Cc1ccc(NC(=O)N2CCC[C@H](C(=O)O)C2)cc1. The summed E-state index contributed by atoms with van der Waals surface area (Å²) in [6, 6.07) is 7.30. The van der Waals surface area contributed by atoms with Crippen LogP contribution in [0.25, 0.3) is 0 Å². The number of carbonyl (C=O) groups is 2. The number of carbonyl (C=O) groups excluding carboxylic acids is 1. The number of urea groups is 1. The molecule has 1 fully saturated rings. The van der Waals surface area contributed by atoms with Gasteiger partial charge in [-0.3, -0.25) is 4.79 Å². The second-order valence-electron chi connectivity index (χ2n) is 4.92. The van der Waals surface area contributed by atoms with E-state index < -0.39 is 11.9 Å². The number of carboxylic acids is 1. The zero-order valence-corrected chi connectivity index (χ0v) is 10.9. The summed E-state index contributed by atoms with van der Waals surface area (Å²) in [6.45, 7) is 2.88. The molecule has 1 aromatic carbocycles. The Kier molecular flexibility index (Phi) is 4.04. The fraction of sp³-hybridized carbons (Fsp3) is 0.429. The van der Waals surface area contributed by atoms with Crippen LogP contribution >= 0.6 is 0 Å². The summed E-state index contributed by atoms with van der Waals surface area (Å²) < 4.78 is 0. The van der Waals surface area contributed by atoms with Crippen molar-refractivity contribution < 1.29 is 14.7 Å². The van der Waals surface area contributed by atoms with Crippen LogP contribution in [-0.2, 0) is 4.79 Å². The third-order valence-corrected chi connectivity index (χ3v) is 3.36. The summed E-state index contributed by atoms with van der Waals surface area (Å²) in [5.74, 6) is -1.27. The number of anilines is 1. The van der Waals surface area contributed by atoms with E-state index in [9.17, 15) is 9.59 Å². The first kappa shape index (κ1) is 13.4. The molecule has 1 heterocycles. The van der Waals surface area contributed by atoms with Gasteiger partial charge >= 0.3 is 12.0 Å². The number of amides is 2. The van der Waals surface area contributed by atoms with Gasteiger partial charge in [-0.2, -0.15) is 0 Å². The van der Waals surface area contributed by atoms with E-state index in [0.29, 0.717) is 13.0 Å². The van der Waals surface area contributed by atoms with E-state index in [4.69, 9.17) is 5.11 Å². The molecule has 5 heteroatoms. The quantitative estimate of drug-likeness (QED) is 0.859. The molecule has 2 amide bonds. The number of hydrogen-bond acceptors (Lipinski definition) is 2. The molecule has 2 rings (SSSR count). The van der Waals surface area contributed by atoms with E-state index in [1.165, 1.54) is 0 Å². The first-order valence-corrected chi connectivity index (χ1v) is 6.41. The standard InChI is InChI=1S/C14H18N2O3/c1-10-4-6-12(7-5-10)15-14(19)16-8-2-3-11(9-16)13(17)18/h4-7,11H,2-3,8-9H2,1H3,(H,15,19)(H,17,18)/t11-/m0/s1. The lowest BCUT2D eigenvalue weighted by atomic mass is 9.99. The predicted molar refractivity (Wildman–Crippen MR) is 72.1 cm³/mol. The number of aliphatic carboxylic acids is 1. The van der Waals surface area contributed by atoms with Gasteiger partial charge in [0.15, 0.2) is 0 Å². The van der Waals surface area contributed by atoms with Crippen molar-refractivity contribution in [2.75, 3.05) is 18.4 Å². The highest BCUT2D eigenvalue weighted by Gasteiger charge is 2.28. The molecule has 1 aliphatic heterocycles. The molecule has 0 aliphatic carbocycles. The van der Waals surface area contributed by atoms with E-state index in [1.54, 1.807) is 4.90 Å². The van der Waals surface area contributed by atoms with Gasteiger partial charge in [-0.05, 0) is 31.9 Å². The molecule has 102 valence electrons. The third kappa shape index (κ3) is 3.47. The highest BCUT2D eigenvalue weighted by Crippen LogP contribution is 2.18. The maximum Gasteiger partial charge on any atom is 0.321 e. The fourth-order valence-electron chi connectivity index (χ4n) is 2.20. The first-order valence-electron chi connectivity index (χ1n) is 6.41. The third-order valence-electron chi connectivity index (χ3n) is 3.36. The second kappa shape index (κ2) is 5.73. The number of carboxylic acid groups (broad SMARTS) is 1. The Hall–Kier alpha value is -2.04. The summed E-state index contributed by atoms with van der Waals surface area (Å²) in [6.07, 6.45) is 1.38. The van der Waals surface area contributed by atoms with Crippen molar-refractivity contribution in [1.29, 1.82) is 0 Å². The molecule has 2 N–H and O–H groups in total. The van der Waals surface area contributed by atoms with Crippen LogP contribution in [0.5, 0.6) is 0 Å². The smallest absolute Gasteiger partial charge is 0.321 e. The van der Waals surface area contributed by atoms with Gasteiger partial charge in [0.25, 0.3) is 0 Å². The molecular formula is C14H18N2O3. The zero-order valence-electron chi connectivity index (χ0n) is 10.9. The molecule has 0 saturated carbocycles. The monoisotopic (exact) mass is 262 g/mol. The van der Waals surface area contributed by atoms with E-state index in [2.05, 4.69) is 5.32 Å². The first-order chi connectivity index (χ1) is 9.06. The Labute approximate surface area is 112 Å². The van der Waals surface area contributed by atoms with E-state index in [0.717, 1.165) is 17.7 Å². The normalized spacial score (nSPS) is 19.0. The van der Waals surface area contributed by atoms with Crippen molar-refractivity contribution in [2.45, 2.75) is 19.8 Å². The Balaban J connectivity index is 1.96. The fourth-order valence-corrected chi connectivity index (χ4v) is 2.20. The molecule has 1 atom stereocenters. The van der Waals surface area contributed by atoms with Gasteiger partial charge in [0.2, 0.25) is 0 Å². The number of aryl methyl sites for hydroxylation is 1. The molecular weight excluding hydrogens is 244 g/mol. The van der Waals surface area contributed by atoms with Crippen molar-refractivity contribution in [3.8, 4) is 0 Å². The summed E-state index contributed by atoms with van der Waals surface area (Å²) >= 11 is 0. The Morgan fingerprint density at radius 3 is 2.63 bits per heavy atom. The maximum atomic E-state index is 12.0. The molecule has 19 heavy (non-hydrogen) atoms. The highest BCUT2D eigenvalue weighted by molar-refractivity contribution is 5.89. The lowest BCUT2D eigenvalue weighted by Crippen LogP contribution is -2.44. The summed E-state index contributed by atoms with van der Waals surface area (Å²) in [5, 5.41) is 11.8. The van der Waals surface area contributed by atoms with Crippen LogP contribution in [0.4, 0.5) is 10.5 Å². The van der Waals surface area contributed by atoms with Crippen molar-refractivity contribution in [3.05, 3.63) is 29.8 Å². The molecule has 5 nitrogen and oxygen atoms in total. The van der Waals surface area contributed by atoms with E-state index in [1.807, 2.05) is 31.2 Å². The van der Waals surface area contributed by atoms with Crippen molar-refractivity contribution in [1.82, 2.24) is 4.90 Å². The molecule has 0 unspecified atom stereocenters. The van der Waals surface area contributed by atoms with Gasteiger partial charge in [0, 0.05) is 18.8 Å². The van der Waals surface area contributed by atoms with Gasteiger partial charge in [0.05, 0.1) is 5.92 Å². The van der Waals surface area contributed by atoms with Crippen molar-refractivity contribution in [3.63, 3.8) is 0 Å². The van der Waals surface area contributed by atoms with Crippen LogP contribution in [0, 0.1) is 12.8 Å². The summed E-state index contributed by atoms with van der Waals surface area (Å²) in [4.78, 5) is 24.6.